The number of aromatic hydroxyl groups is 4. The molecule has 0 spiro atoms. The van der Waals surface area contributed by atoms with E-state index >= 15 is 0 Å². The summed E-state index contributed by atoms with van der Waals surface area (Å²) in [6, 6.07) is 40.2. The van der Waals surface area contributed by atoms with Gasteiger partial charge in [-0.25, -0.2) is 0 Å². The third kappa shape index (κ3) is 6.22. The zero-order valence-corrected chi connectivity index (χ0v) is 28.1. The lowest BCUT2D eigenvalue weighted by atomic mass is 9.77. The molecular formula is C45H36O7. The van der Waals surface area contributed by atoms with Crippen molar-refractivity contribution >= 4 is 11.9 Å². The SMILES string of the molecule is O=C(/C=C/c1ccccc1)c1ccc(O)c([C@H]2C[C@H](c3ccccc3)Oc3cc(O)c([C@@H]4C[C@@H](c5ccccc5)Oc5cc(O)ccc54)cc32)c1O. The maximum Gasteiger partial charge on any atom is 0.189 e. The topological polar surface area (TPSA) is 116 Å². The Labute approximate surface area is 301 Å². The highest BCUT2D eigenvalue weighted by atomic mass is 16.5. The van der Waals surface area contributed by atoms with E-state index < -0.39 is 17.8 Å². The van der Waals surface area contributed by atoms with Gasteiger partial charge in [-0.3, -0.25) is 4.79 Å². The molecule has 0 fully saturated rings. The molecule has 2 heterocycles. The summed E-state index contributed by atoms with van der Waals surface area (Å²) >= 11 is 0. The highest BCUT2D eigenvalue weighted by Gasteiger charge is 2.38. The van der Waals surface area contributed by atoms with Crippen LogP contribution in [0, 0.1) is 0 Å². The van der Waals surface area contributed by atoms with Gasteiger partial charge in [0.25, 0.3) is 0 Å². The van der Waals surface area contributed by atoms with Crippen molar-refractivity contribution in [2.75, 3.05) is 0 Å². The number of fused-ring (bicyclic) bond motifs is 2. The van der Waals surface area contributed by atoms with Gasteiger partial charge in [-0.15, -0.1) is 0 Å². The van der Waals surface area contributed by atoms with E-state index in [1.807, 2.05) is 103 Å². The minimum Gasteiger partial charge on any atom is -0.508 e. The van der Waals surface area contributed by atoms with Crippen molar-refractivity contribution in [3.63, 3.8) is 0 Å². The molecule has 4 N–H and O–H groups in total. The molecule has 0 saturated carbocycles. The number of hydrogen-bond acceptors (Lipinski definition) is 7. The molecular weight excluding hydrogens is 652 g/mol. The Morgan fingerprint density at radius 3 is 1.83 bits per heavy atom. The molecule has 6 aromatic rings. The van der Waals surface area contributed by atoms with E-state index in [2.05, 4.69) is 0 Å². The molecule has 7 nitrogen and oxygen atoms in total. The van der Waals surface area contributed by atoms with Gasteiger partial charge in [0, 0.05) is 46.2 Å². The number of ether oxygens (including phenoxy) is 2. The maximum absolute atomic E-state index is 13.5. The van der Waals surface area contributed by atoms with Crippen LogP contribution in [0.1, 0.15) is 86.2 Å². The second-order valence-corrected chi connectivity index (χ2v) is 13.3. The van der Waals surface area contributed by atoms with Crippen molar-refractivity contribution in [3.05, 3.63) is 184 Å². The Hall–Kier alpha value is -6.47. The molecule has 0 saturated heterocycles. The maximum atomic E-state index is 13.5. The highest BCUT2D eigenvalue weighted by molar-refractivity contribution is 6.09. The van der Waals surface area contributed by atoms with Crippen LogP contribution in [0.5, 0.6) is 34.5 Å². The van der Waals surface area contributed by atoms with E-state index in [1.54, 1.807) is 24.3 Å². The van der Waals surface area contributed by atoms with Gasteiger partial charge in [-0.05, 0) is 59.9 Å². The molecule has 0 unspecified atom stereocenters. The molecule has 52 heavy (non-hydrogen) atoms. The number of rotatable bonds is 7. The first-order chi connectivity index (χ1) is 25.3. The predicted molar refractivity (Wildman–Crippen MR) is 198 cm³/mol. The molecule has 0 radical (unpaired) electrons. The van der Waals surface area contributed by atoms with Gasteiger partial charge < -0.3 is 29.9 Å². The van der Waals surface area contributed by atoms with E-state index in [4.69, 9.17) is 9.47 Å². The molecule has 4 atom stereocenters. The summed E-state index contributed by atoms with van der Waals surface area (Å²) in [6.07, 6.45) is 3.10. The zero-order chi connectivity index (χ0) is 35.8. The third-order valence-corrected chi connectivity index (χ3v) is 10.1. The van der Waals surface area contributed by atoms with Crippen LogP contribution in [0.3, 0.4) is 0 Å². The van der Waals surface area contributed by atoms with Gasteiger partial charge in [0.15, 0.2) is 5.78 Å². The van der Waals surface area contributed by atoms with Gasteiger partial charge in [-0.2, -0.15) is 0 Å². The highest BCUT2D eigenvalue weighted by Crippen LogP contribution is 2.55. The fourth-order valence-electron chi connectivity index (χ4n) is 7.53. The first-order valence-electron chi connectivity index (χ1n) is 17.3. The van der Waals surface area contributed by atoms with E-state index in [0.29, 0.717) is 35.5 Å². The van der Waals surface area contributed by atoms with Crippen LogP contribution in [0.15, 0.2) is 140 Å². The Morgan fingerprint density at radius 1 is 0.577 bits per heavy atom. The quantitative estimate of drug-likeness (QED) is 0.0975. The van der Waals surface area contributed by atoms with Crippen molar-refractivity contribution in [3.8, 4) is 34.5 Å². The van der Waals surface area contributed by atoms with Crippen LogP contribution in [0.2, 0.25) is 0 Å². The minimum absolute atomic E-state index is 0.0207. The van der Waals surface area contributed by atoms with E-state index in [-0.39, 0.29) is 46.1 Å². The summed E-state index contributed by atoms with van der Waals surface area (Å²) in [5.74, 6) is -0.821. The normalized spacial score (nSPS) is 19.2. The Morgan fingerprint density at radius 2 is 1.17 bits per heavy atom. The first kappa shape index (κ1) is 32.7. The molecule has 0 aliphatic carbocycles. The smallest absolute Gasteiger partial charge is 0.189 e. The summed E-state index contributed by atoms with van der Waals surface area (Å²) in [5, 5.41) is 45.3. The second kappa shape index (κ2) is 13.7. The molecule has 0 aromatic heterocycles. The molecule has 0 bridgehead atoms. The number of phenols is 4. The molecule has 2 aliphatic heterocycles. The van der Waals surface area contributed by atoms with Crippen LogP contribution in [-0.4, -0.2) is 26.2 Å². The summed E-state index contributed by atoms with van der Waals surface area (Å²) in [4.78, 5) is 13.5. The minimum atomic E-state index is -0.622. The molecule has 7 heteroatoms. The monoisotopic (exact) mass is 688 g/mol. The predicted octanol–water partition coefficient (Wildman–Crippen LogP) is 9.72. The molecule has 258 valence electrons. The van der Waals surface area contributed by atoms with Crippen LogP contribution >= 0.6 is 0 Å². The Balaban J connectivity index is 1.25. The first-order valence-corrected chi connectivity index (χ1v) is 17.3. The van der Waals surface area contributed by atoms with Gasteiger partial charge in [0.05, 0.1) is 5.56 Å². The van der Waals surface area contributed by atoms with Crippen molar-refractivity contribution in [1.29, 1.82) is 0 Å². The van der Waals surface area contributed by atoms with E-state index in [9.17, 15) is 25.2 Å². The summed E-state index contributed by atoms with van der Waals surface area (Å²) in [6.45, 7) is 0. The van der Waals surface area contributed by atoms with Gasteiger partial charge >= 0.3 is 0 Å². The largest absolute Gasteiger partial charge is 0.508 e. The van der Waals surface area contributed by atoms with Crippen LogP contribution in [-0.2, 0) is 0 Å². The van der Waals surface area contributed by atoms with Gasteiger partial charge in [0.2, 0.25) is 0 Å². The van der Waals surface area contributed by atoms with Crippen molar-refractivity contribution in [2.45, 2.75) is 36.9 Å². The second-order valence-electron chi connectivity index (χ2n) is 13.3. The fraction of sp³-hybridized carbons (Fsp3) is 0.133. The van der Waals surface area contributed by atoms with Crippen molar-refractivity contribution in [1.82, 2.24) is 0 Å². The fourth-order valence-corrected chi connectivity index (χ4v) is 7.53. The summed E-state index contributed by atoms with van der Waals surface area (Å²) in [7, 11) is 0. The Kier molecular flexibility index (Phi) is 8.61. The lowest BCUT2D eigenvalue weighted by Gasteiger charge is -2.36. The third-order valence-electron chi connectivity index (χ3n) is 10.1. The summed E-state index contributed by atoms with van der Waals surface area (Å²) < 4.78 is 13.0. The van der Waals surface area contributed by atoms with Gasteiger partial charge in [-0.1, -0.05) is 103 Å². The van der Waals surface area contributed by atoms with Crippen LogP contribution in [0.25, 0.3) is 6.08 Å². The van der Waals surface area contributed by atoms with Crippen molar-refractivity contribution < 1.29 is 34.7 Å². The van der Waals surface area contributed by atoms with Crippen LogP contribution in [0.4, 0.5) is 0 Å². The van der Waals surface area contributed by atoms with E-state index in [1.165, 1.54) is 18.2 Å². The average molecular weight is 689 g/mol. The lowest BCUT2D eigenvalue weighted by molar-refractivity contribution is 0.104. The number of ketones is 1. The van der Waals surface area contributed by atoms with Gasteiger partial charge in [0.1, 0.15) is 46.7 Å². The zero-order valence-electron chi connectivity index (χ0n) is 28.1. The van der Waals surface area contributed by atoms with E-state index in [0.717, 1.165) is 22.3 Å². The lowest BCUT2D eigenvalue weighted by Crippen LogP contribution is -2.22. The molecule has 6 aromatic carbocycles. The number of hydrogen-bond donors (Lipinski definition) is 4. The number of carbonyl (C=O) groups is 1. The van der Waals surface area contributed by atoms with Crippen molar-refractivity contribution in [2.24, 2.45) is 0 Å². The standard InChI is InChI=1S/C45H36O7/c46-30-17-18-31-33(24-40(51-42(31)22-30)28-12-6-2-7-13-28)34-23-35-36(25-41(29-14-8-3-9-15-29)52-43(35)26-39(34)49)44-38(48)21-19-32(45(44)50)37(47)20-16-27-10-4-1-5-11-27/h1-23,26,33,36,40-41,46,48-50H,24-25H2/b20-16+/t33-,36+,40+,41-/m1/s1. The molecule has 2 aliphatic rings. The summed E-state index contributed by atoms with van der Waals surface area (Å²) in [5.41, 5.74) is 5.03. The van der Waals surface area contributed by atoms with Crippen LogP contribution < -0.4 is 9.47 Å². The molecule has 0 amide bonds. The number of allylic oxidation sites excluding steroid dienone is 1. The Bertz CT molecular complexity index is 2280. The molecule has 8 rings (SSSR count). The average Bonchev–Trinajstić information content (AvgIpc) is 3.17. The number of benzene rings is 6. The number of phenolic OH excluding ortho intramolecular Hbond substituents is 4. The number of carbonyl (C=O) groups excluding carboxylic acids is 1.